The van der Waals surface area contributed by atoms with Gasteiger partial charge in [0.2, 0.25) is 0 Å². The predicted octanol–water partition coefficient (Wildman–Crippen LogP) is 5.52. The van der Waals surface area contributed by atoms with Crippen LogP contribution in [-0.2, 0) is 19.3 Å². The number of fused-ring (bicyclic) bond motifs is 1. The molecule has 4 aromatic heterocycles. The smallest absolute Gasteiger partial charge is 0.167 e. The molecular formula is C32H47N7O4SSi2. The Morgan fingerprint density at radius 1 is 0.870 bits per heavy atom. The van der Waals surface area contributed by atoms with Gasteiger partial charge in [0.15, 0.2) is 15.5 Å². The standard InChI is InChI=1S/C32H47N7O4SSi2/c1-45(2,3)18-14-42-24-38(25-43-15-19-46(4,5)6)31-20-30(37-12-16-44(40,41)17-13-37)36-32-28(23-35-39(31)32)26-9-10-29(34-22-26)27-8-7-11-33-21-27/h7-11,20-23H,12-19,24-25H2,1-6H3. The number of hydrogen-bond acceptors (Lipinski definition) is 10. The van der Waals surface area contributed by atoms with E-state index in [0.29, 0.717) is 51.2 Å². The van der Waals surface area contributed by atoms with Crippen LogP contribution >= 0.6 is 0 Å². The van der Waals surface area contributed by atoms with Gasteiger partial charge < -0.3 is 19.3 Å². The molecule has 1 aliphatic rings. The summed E-state index contributed by atoms with van der Waals surface area (Å²) >= 11 is 0. The summed E-state index contributed by atoms with van der Waals surface area (Å²) in [6.07, 6.45) is 7.18. The molecular weight excluding hydrogens is 635 g/mol. The Hall–Kier alpha value is -3.18. The molecule has 0 aliphatic carbocycles. The normalized spacial score (nSPS) is 15.4. The first-order chi connectivity index (χ1) is 21.8. The number of pyridine rings is 2. The van der Waals surface area contributed by atoms with E-state index in [0.717, 1.165) is 40.3 Å². The first-order valence-corrected chi connectivity index (χ1v) is 25.1. The van der Waals surface area contributed by atoms with Crippen molar-refractivity contribution in [3.05, 3.63) is 55.1 Å². The van der Waals surface area contributed by atoms with Crippen molar-refractivity contribution in [2.75, 3.05) is 61.1 Å². The minimum atomic E-state index is -3.06. The third kappa shape index (κ3) is 9.21. The van der Waals surface area contributed by atoms with E-state index in [1.165, 1.54) is 0 Å². The van der Waals surface area contributed by atoms with Gasteiger partial charge in [-0.1, -0.05) is 45.3 Å². The lowest BCUT2D eigenvalue weighted by molar-refractivity contribution is 0.0942. The van der Waals surface area contributed by atoms with Gasteiger partial charge >= 0.3 is 0 Å². The number of hydrogen-bond donors (Lipinski definition) is 0. The van der Waals surface area contributed by atoms with E-state index in [9.17, 15) is 8.42 Å². The molecule has 1 fully saturated rings. The molecule has 0 amide bonds. The van der Waals surface area contributed by atoms with Gasteiger partial charge in [0, 0.05) is 83.8 Å². The van der Waals surface area contributed by atoms with Crippen LogP contribution in [0, 0.1) is 0 Å². The summed E-state index contributed by atoms with van der Waals surface area (Å²) in [6, 6.07) is 12.0. The molecule has 46 heavy (non-hydrogen) atoms. The molecule has 0 bridgehead atoms. The van der Waals surface area contributed by atoms with Crippen molar-refractivity contribution in [2.45, 2.75) is 51.4 Å². The second-order valence-electron chi connectivity index (χ2n) is 14.3. The maximum Gasteiger partial charge on any atom is 0.167 e. The molecule has 0 spiro atoms. The summed E-state index contributed by atoms with van der Waals surface area (Å²) in [5, 5.41) is 4.80. The van der Waals surface area contributed by atoms with E-state index in [2.05, 4.69) is 49.2 Å². The van der Waals surface area contributed by atoms with Crippen LogP contribution in [0.3, 0.4) is 0 Å². The fraction of sp³-hybridized carbons (Fsp3) is 0.500. The Labute approximate surface area is 274 Å². The summed E-state index contributed by atoms with van der Waals surface area (Å²) in [5.41, 5.74) is 4.14. The number of aromatic nitrogens is 5. The number of nitrogens with zero attached hydrogens (tertiary/aromatic N) is 7. The number of ether oxygens (including phenoxy) is 2. The van der Waals surface area contributed by atoms with E-state index in [4.69, 9.17) is 24.5 Å². The lowest BCUT2D eigenvalue weighted by atomic mass is 10.1. The Balaban J connectivity index is 1.52. The van der Waals surface area contributed by atoms with Crippen LogP contribution in [-0.4, -0.2) is 100 Å². The Kier molecular flexibility index (Phi) is 10.6. The highest BCUT2D eigenvalue weighted by Crippen LogP contribution is 2.31. The first-order valence-electron chi connectivity index (χ1n) is 15.9. The van der Waals surface area contributed by atoms with Crippen LogP contribution < -0.4 is 9.80 Å². The van der Waals surface area contributed by atoms with Crippen LogP contribution in [0.1, 0.15) is 0 Å². The lowest BCUT2D eigenvalue weighted by Crippen LogP contribution is -2.41. The van der Waals surface area contributed by atoms with E-state index >= 15 is 0 Å². The zero-order chi connectivity index (χ0) is 33.0. The molecule has 0 radical (unpaired) electrons. The Bertz CT molecular complexity index is 1670. The van der Waals surface area contributed by atoms with Crippen molar-refractivity contribution in [1.29, 1.82) is 0 Å². The van der Waals surface area contributed by atoms with E-state index in [1.807, 2.05) is 52.1 Å². The first kappa shape index (κ1) is 34.2. The minimum Gasteiger partial charge on any atom is -0.361 e. The minimum absolute atomic E-state index is 0.102. The molecule has 1 aliphatic heterocycles. The molecule has 248 valence electrons. The molecule has 5 rings (SSSR count). The van der Waals surface area contributed by atoms with Crippen LogP contribution in [0.5, 0.6) is 0 Å². The summed E-state index contributed by atoms with van der Waals surface area (Å²) in [6.45, 7) is 16.8. The van der Waals surface area contributed by atoms with E-state index in [-0.39, 0.29) is 11.5 Å². The molecule has 0 aromatic carbocycles. The molecule has 0 atom stereocenters. The lowest BCUT2D eigenvalue weighted by Gasteiger charge is -2.30. The van der Waals surface area contributed by atoms with Crippen molar-refractivity contribution >= 4 is 43.3 Å². The molecule has 0 N–H and O–H groups in total. The topological polar surface area (TPSA) is 115 Å². The SMILES string of the molecule is C[Si](C)(C)CCOCN(COCC[Si](C)(C)C)c1cc(N2CCS(=O)(=O)CC2)nc2c(-c3ccc(-c4cccnc4)nc3)cnn12. The highest BCUT2D eigenvalue weighted by atomic mass is 32.2. The fourth-order valence-corrected chi connectivity index (χ4v) is 7.70. The quantitative estimate of drug-likeness (QED) is 0.0958. The van der Waals surface area contributed by atoms with Gasteiger partial charge in [0.05, 0.1) is 23.4 Å². The average molecular weight is 682 g/mol. The Morgan fingerprint density at radius 3 is 2.11 bits per heavy atom. The molecule has 4 aromatic rings. The van der Waals surface area contributed by atoms with Gasteiger partial charge in [-0.15, -0.1) is 0 Å². The van der Waals surface area contributed by atoms with Crippen molar-refractivity contribution in [1.82, 2.24) is 24.6 Å². The van der Waals surface area contributed by atoms with E-state index in [1.54, 1.807) is 12.4 Å². The van der Waals surface area contributed by atoms with Gasteiger partial charge in [-0.05, 0) is 30.3 Å². The summed E-state index contributed by atoms with van der Waals surface area (Å²) < 4.78 is 38.9. The van der Waals surface area contributed by atoms with Crippen molar-refractivity contribution in [2.24, 2.45) is 0 Å². The highest BCUT2D eigenvalue weighted by Gasteiger charge is 2.26. The molecule has 11 nitrogen and oxygen atoms in total. The zero-order valence-corrected chi connectivity index (χ0v) is 30.8. The third-order valence-electron chi connectivity index (χ3n) is 7.95. The highest BCUT2D eigenvalue weighted by molar-refractivity contribution is 7.91. The molecule has 0 saturated carbocycles. The van der Waals surface area contributed by atoms with Crippen molar-refractivity contribution < 1.29 is 17.9 Å². The van der Waals surface area contributed by atoms with Gasteiger partial charge in [-0.3, -0.25) is 9.97 Å². The van der Waals surface area contributed by atoms with Crippen LogP contribution in [0.25, 0.3) is 28.0 Å². The summed E-state index contributed by atoms with van der Waals surface area (Å²) in [7, 11) is -5.60. The summed E-state index contributed by atoms with van der Waals surface area (Å²) in [5.74, 6) is 1.68. The Morgan fingerprint density at radius 2 is 1.54 bits per heavy atom. The van der Waals surface area contributed by atoms with Crippen molar-refractivity contribution in [3.8, 4) is 22.4 Å². The second kappa shape index (κ2) is 14.3. The molecule has 0 unspecified atom stereocenters. The maximum absolute atomic E-state index is 12.3. The second-order valence-corrected chi connectivity index (χ2v) is 27.9. The van der Waals surface area contributed by atoms with Gasteiger partial charge in [0.1, 0.15) is 25.1 Å². The number of sulfone groups is 1. The average Bonchev–Trinajstić information content (AvgIpc) is 3.43. The monoisotopic (exact) mass is 681 g/mol. The van der Waals surface area contributed by atoms with Gasteiger partial charge in [0.25, 0.3) is 0 Å². The summed E-state index contributed by atoms with van der Waals surface area (Å²) in [4.78, 5) is 18.1. The maximum atomic E-state index is 12.3. The van der Waals surface area contributed by atoms with E-state index < -0.39 is 26.0 Å². The third-order valence-corrected chi connectivity index (χ3v) is 13.0. The molecule has 1 saturated heterocycles. The van der Waals surface area contributed by atoms with Crippen LogP contribution in [0.4, 0.5) is 11.6 Å². The number of anilines is 2. The van der Waals surface area contributed by atoms with Crippen LogP contribution in [0.2, 0.25) is 51.4 Å². The fourth-order valence-electron chi connectivity index (χ4n) is 4.98. The predicted molar refractivity (Wildman–Crippen MR) is 191 cm³/mol. The molecule has 5 heterocycles. The number of rotatable bonds is 14. The zero-order valence-electron chi connectivity index (χ0n) is 27.9. The molecule has 14 heteroatoms. The van der Waals surface area contributed by atoms with Crippen molar-refractivity contribution in [3.63, 3.8) is 0 Å². The van der Waals surface area contributed by atoms with Crippen LogP contribution in [0.15, 0.2) is 55.1 Å². The largest absolute Gasteiger partial charge is 0.361 e. The van der Waals surface area contributed by atoms with Gasteiger partial charge in [-0.2, -0.15) is 9.61 Å². The van der Waals surface area contributed by atoms with Gasteiger partial charge in [-0.25, -0.2) is 13.4 Å².